The van der Waals surface area contributed by atoms with Crippen molar-refractivity contribution in [1.82, 2.24) is 15.2 Å². The molecule has 2 atom stereocenters. The Hall–Kier alpha value is -2.61. The average molecular weight is 491 g/mol. The first-order valence-electron chi connectivity index (χ1n) is 10.5. The van der Waals surface area contributed by atoms with Crippen molar-refractivity contribution in [1.29, 1.82) is 0 Å². The van der Waals surface area contributed by atoms with Gasteiger partial charge in [0.1, 0.15) is 11.7 Å². The molecule has 2 amide bonds. The average Bonchev–Trinajstić information content (AvgIpc) is 3.20. The predicted octanol–water partition coefficient (Wildman–Crippen LogP) is 1.84. The Morgan fingerprint density at radius 3 is 2.41 bits per heavy atom. The largest absolute Gasteiger partial charge is 0.496 e. The van der Waals surface area contributed by atoms with Crippen LogP contribution in [0.5, 0.6) is 5.88 Å². The van der Waals surface area contributed by atoms with Crippen LogP contribution in [0.15, 0.2) is 12.3 Å². The standard InChI is InChI=1S/C20H26BF4N3O6/c1-18(2)19(3,4)34-21(33-18)11-6-12(16(31-5)26-7-11)15(29)27-14-9-28(8-13(14)22)17(30)32-10-20(23,24)25/h6-7,13-14H,8-10H2,1-5H3,(H,27,29)/t13-,14-/m1/s1. The fourth-order valence-corrected chi connectivity index (χ4v) is 3.43. The van der Waals surface area contributed by atoms with Crippen molar-refractivity contribution < 1.29 is 45.9 Å². The number of methoxy groups -OCH3 is 1. The number of aromatic nitrogens is 1. The molecular formula is C20H26BF4N3O6. The maximum atomic E-state index is 14.5. The van der Waals surface area contributed by atoms with E-state index in [-0.39, 0.29) is 18.0 Å². The zero-order valence-corrected chi connectivity index (χ0v) is 19.4. The Bertz CT molecular complexity index is 929. The van der Waals surface area contributed by atoms with E-state index in [9.17, 15) is 27.2 Å². The third kappa shape index (κ3) is 5.54. The van der Waals surface area contributed by atoms with Crippen LogP contribution in [0.1, 0.15) is 38.1 Å². The summed E-state index contributed by atoms with van der Waals surface area (Å²) in [6.07, 6.45) is -6.31. The quantitative estimate of drug-likeness (QED) is 0.496. The lowest BCUT2D eigenvalue weighted by molar-refractivity contribution is -0.162. The van der Waals surface area contributed by atoms with Crippen molar-refractivity contribution in [2.45, 2.75) is 57.3 Å². The Morgan fingerprint density at radius 2 is 1.85 bits per heavy atom. The summed E-state index contributed by atoms with van der Waals surface area (Å²) in [6, 6.07) is 0.275. The molecule has 1 aromatic rings. The summed E-state index contributed by atoms with van der Waals surface area (Å²) in [5, 5.41) is 2.44. The maximum absolute atomic E-state index is 14.5. The molecule has 2 saturated heterocycles. The van der Waals surface area contributed by atoms with Crippen LogP contribution in [0.25, 0.3) is 0 Å². The van der Waals surface area contributed by atoms with Gasteiger partial charge in [-0.3, -0.25) is 4.79 Å². The molecule has 3 heterocycles. The SMILES string of the molecule is COc1ncc(B2OC(C)(C)C(C)(C)O2)cc1C(=O)N[C@@H]1CN(C(=O)OCC(F)(F)F)C[C@H]1F. The van der Waals surface area contributed by atoms with Gasteiger partial charge in [-0.1, -0.05) is 0 Å². The first kappa shape index (κ1) is 26.0. The Morgan fingerprint density at radius 1 is 1.24 bits per heavy atom. The molecule has 1 aromatic heterocycles. The van der Waals surface area contributed by atoms with E-state index in [4.69, 9.17) is 14.0 Å². The molecule has 3 rings (SSSR count). The molecule has 188 valence electrons. The number of amides is 2. The zero-order valence-electron chi connectivity index (χ0n) is 19.4. The van der Waals surface area contributed by atoms with Gasteiger partial charge in [-0.05, 0) is 33.8 Å². The van der Waals surface area contributed by atoms with Gasteiger partial charge in [0.05, 0.1) is 30.9 Å². The molecule has 2 fully saturated rings. The van der Waals surface area contributed by atoms with Gasteiger partial charge < -0.3 is 29.0 Å². The smallest absolute Gasteiger partial charge is 0.480 e. The number of rotatable bonds is 5. The number of nitrogens with one attached hydrogen (secondary N) is 1. The summed E-state index contributed by atoms with van der Waals surface area (Å²) in [7, 11) is 0.494. The molecular weight excluding hydrogens is 465 g/mol. The van der Waals surface area contributed by atoms with Crippen LogP contribution in [0.2, 0.25) is 0 Å². The van der Waals surface area contributed by atoms with Gasteiger partial charge >= 0.3 is 19.4 Å². The highest BCUT2D eigenvalue weighted by atomic mass is 19.4. The van der Waals surface area contributed by atoms with Crippen molar-refractivity contribution in [2.75, 3.05) is 26.8 Å². The van der Waals surface area contributed by atoms with Crippen molar-refractivity contribution in [2.24, 2.45) is 0 Å². The maximum Gasteiger partial charge on any atom is 0.496 e. The molecule has 0 spiro atoms. The number of alkyl halides is 4. The minimum atomic E-state index is -4.70. The monoisotopic (exact) mass is 491 g/mol. The van der Waals surface area contributed by atoms with Crippen molar-refractivity contribution in [3.8, 4) is 5.88 Å². The summed E-state index contributed by atoms with van der Waals surface area (Å²) >= 11 is 0. The van der Waals surface area contributed by atoms with Crippen LogP contribution in [-0.2, 0) is 14.0 Å². The molecule has 2 aliphatic heterocycles. The van der Waals surface area contributed by atoms with Crippen LogP contribution in [0.4, 0.5) is 22.4 Å². The zero-order chi connectivity index (χ0) is 25.5. The number of halogens is 4. The minimum absolute atomic E-state index is 0.0278. The summed E-state index contributed by atoms with van der Waals surface area (Å²) in [4.78, 5) is 29.6. The van der Waals surface area contributed by atoms with Gasteiger partial charge in [-0.25, -0.2) is 14.2 Å². The molecule has 0 unspecified atom stereocenters. The first-order chi connectivity index (χ1) is 15.6. The Balaban J connectivity index is 1.71. The van der Waals surface area contributed by atoms with Crippen molar-refractivity contribution in [3.63, 3.8) is 0 Å². The number of hydrogen-bond acceptors (Lipinski definition) is 7. The second-order valence-electron chi connectivity index (χ2n) is 9.08. The molecule has 2 aliphatic rings. The first-order valence-corrected chi connectivity index (χ1v) is 10.5. The highest BCUT2D eigenvalue weighted by Crippen LogP contribution is 2.36. The van der Waals surface area contributed by atoms with Crippen LogP contribution < -0.4 is 15.5 Å². The van der Waals surface area contributed by atoms with Gasteiger partial charge in [0.2, 0.25) is 5.88 Å². The molecule has 9 nitrogen and oxygen atoms in total. The van der Waals surface area contributed by atoms with E-state index in [1.807, 2.05) is 27.7 Å². The molecule has 0 saturated carbocycles. The number of carbonyl (C=O) groups is 2. The molecule has 14 heteroatoms. The number of hydrogen-bond donors (Lipinski definition) is 1. The lowest BCUT2D eigenvalue weighted by Gasteiger charge is -2.32. The van der Waals surface area contributed by atoms with Gasteiger partial charge in [0.25, 0.3) is 5.91 Å². The van der Waals surface area contributed by atoms with Crippen molar-refractivity contribution in [3.05, 3.63) is 17.8 Å². The van der Waals surface area contributed by atoms with E-state index in [2.05, 4.69) is 15.0 Å². The van der Waals surface area contributed by atoms with Crippen LogP contribution in [-0.4, -0.2) is 85.4 Å². The number of ether oxygens (including phenoxy) is 2. The molecule has 0 bridgehead atoms. The third-order valence-electron chi connectivity index (χ3n) is 6.02. The molecule has 0 radical (unpaired) electrons. The van der Waals surface area contributed by atoms with Crippen LogP contribution >= 0.6 is 0 Å². The number of pyridine rings is 1. The fourth-order valence-electron chi connectivity index (χ4n) is 3.43. The van der Waals surface area contributed by atoms with Crippen molar-refractivity contribution >= 4 is 24.6 Å². The fraction of sp³-hybridized carbons (Fsp3) is 0.650. The lowest BCUT2D eigenvalue weighted by Crippen LogP contribution is -2.43. The molecule has 0 aliphatic carbocycles. The third-order valence-corrected chi connectivity index (χ3v) is 6.02. The van der Waals surface area contributed by atoms with E-state index < -0.39 is 61.9 Å². The van der Waals surface area contributed by atoms with E-state index in [1.165, 1.54) is 19.4 Å². The van der Waals surface area contributed by atoms with Gasteiger partial charge in [0, 0.05) is 18.2 Å². The van der Waals surface area contributed by atoms with Gasteiger partial charge in [0.15, 0.2) is 6.61 Å². The van der Waals surface area contributed by atoms with Gasteiger partial charge in [-0.2, -0.15) is 13.2 Å². The lowest BCUT2D eigenvalue weighted by atomic mass is 9.79. The topological polar surface area (TPSA) is 99.2 Å². The summed E-state index contributed by atoms with van der Waals surface area (Å²) in [6.45, 7) is 4.79. The molecule has 34 heavy (non-hydrogen) atoms. The van der Waals surface area contributed by atoms with E-state index in [1.54, 1.807) is 0 Å². The Labute approximate surface area is 194 Å². The number of likely N-dealkylation sites (tertiary alicyclic amines) is 1. The summed E-state index contributed by atoms with van der Waals surface area (Å²) < 4.78 is 72.4. The number of carbonyl (C=O) groups excluding carboxylic acids is 2. The number of nitrogens with zero attached hydrogens (tertiary/aromatic N) is 2. The molecule has 0 aromatic carbocycles. The van der Waals surface area contributed by atoms with E-state index in [0.717, 1.165) is 4.90 Å². The normalized spacial score (nSPS) is 23.7. The summed E-state index contributed by atoms with van der Waals surface area (Å²) in [5.41, 5.74) is -0.851. The minimum Gasteiger partial charge on any atom is -0.480 e. The van der Waals surface area contributed by atoms with E-state index >= 15 is 0 Å². The summed E-state index contributed by atoms with van der Waals surface area (Å²) in [5.74, 6) is -0.784. The highest BCUT2D eigenvalue weighted by Gasteiger charge is 2.52. The molecule has 1 N–H and O–H groups in total. The van der Waals surface area contributed by atoms with E-state index in [0.29, 0.717) is 5.46 Å². The second kappa shape index (κ2) is 9.21. The van der Waals surface area contributed by atoms with Gasteiger partial charge in [-0.15, -0.1) is 0 Å². The Kier molecular flexibility index (Phi) is 7.05. The van der Waals surface area contributed by atoms with Crippen LogP contribution in [0, 0.1) is 0 Å². The second-order valence-corrected chi connectivity index (χ2v) is 9.08. The van der Waals surface area contributed by atoms with Crippen LogP contribution in [0.3, 0.4) is 0 Å². The highest BCUT2D eigenvalue weighted by molar-refractivity contribution is 6.62. The predicted molar refractivity (Wildman–Crippen MR) is 112 cm³/mol.